The molecule has 0 atom stereocenters. The van der Waals surface area contributed by atoms with Crippen LogP contribution in [0.3, 0.4) is 0 Å². The van der Waals surface area contributed by atoms with Crippen molar-refractivity contribution in [2.24, 2.45) is 5.73 Å². The Hall–Kier alpha value is -1.26. The van der Waals surface area contributed by atoms with E-state index < -0.39 is 5.79 Å². The molecule has 0 fully saturated rings. The monoisotopic (exact) mass is 249 g/mol. The maximum atomic E-state index is 5.76. The van der Waals surface area contributed by atoms with Crippen LogP contribution in [0.4, 0.5) is 0 Å². The van der Waals surface area contributed by atoms with Gasteiger partial charge >= 0.3 is 0 Å². The normalized spacial score (nSPS) is 16.6. The summed E-state index contributed by atoms with van der Waals surface area (Å²) in [6.07, 6.45) is 0.906. The molecule has 17 heavy (non-hydrogen) atoms. The van der Waals surface area contributed by atoms with Gasteiger partial charge < -0.3 is 15.2 Å². The fraction of sp³-hybridized carbons (Fsp3) is 0.385. The van der Waals surface area contributed by atoms with E-state index >= 15 is 0 Å². The Morgan fingerprint density at radius 1 is 1.24 bits per heavy atom. The smallest absolute Gasteiger partial charge is 0.246 e. The Morgan fingerprint density at radius 3 is 2.65 bits per heavy atom. The second-order valence-electron chi connectivity index (χ2n) is 4.70. The van der Waals surface area contributed by atoms with E-state index in [1.165, 1.54) is 15.6 Å². The summed E-state index contributed by atoms with van der Waals surface area (Å²) in [6, 6.07) is 4.13. The van der Waals surface area contributed by atoms with Crippen LogP contribution in [-0.4, -0.2) is 12.3 Å². The molecule has 0 radical (unpaired) electrons. The van der Waals surface area contributed by atoms with E-state index in [-0.39, 0.29) is 0 Å². The number of ether oxygens (including phenoxy) is 2. The highest BCUT2D eigenvalue weighted by molar-refractivity contribution is 7.17. The maximum Gasteiger partial charge on any atom is 0.246 e. The van der Waals surface area contributed by atoms with E-state index in [4.69, 9.17) is 15.2 Å². The minimum Gasteiger partial charge on any atom is -0.449 e. The van der Waals surface area contributed by atoms with Gasteiger partial charge in [0.25, 0.3) is 0 Å². The van der Waals surface area contributed by atoms with Crippen LogP contribution in [0.1, 0.15) is 19.4 Å². The van der Waals surface area contributed by atoms with Crippen molar-refractivity contribution in [1.29, 1.82) is 0 Å². The number of thiophene rings is 1. The number of fused-ring (bicyclic) bond motifs is 2. The van der Waals surface area contributed by atoms with E-state index in [1.807, 2.05) is 13.8 Å². The van der Waals surface area contributed by atoms with Gasteiger partial charge in [-0.3, -0.25) is 0 Å². The summed E-state index contributed by atoms with van der Waals surface area (Å²) < 4.78 is 12.7. The highest BCUT2D eigenvalue weighted by Gasteiger charge is 2.32. The standard InChI is InChI=1S/C13H15NO2S/c1-13(2)15-10-5-9-8(3-4-14)7-17-12(9)6-11(10)16-13/h5-7H,3-4,14H2,1-2H3. The molecule has 0 unspecified atom stereocenters. The summed E-state index contributed by atoms with van der Waals surface area (Å²) in [7, 11) is 0. The minimum atomic E-state index is -0.556. The first-order valence-corrected chi connectivity index (χ1v) is 6.59. The van der Waals surface area contributed by atoms with Gasteiger partial charge in [0.15, 0.2) is 11.5 Å². The summed E-state index contributed by atoms with van der Waals surface area (Å²) in [5.41, 5.74) is 6.91. The third-order valence-electron chi connectivity index (χ3n) is 2.85. The van der Waals surface area contributed by atoms with Crippen LogP contribution in [0.2, 0.25) is 0 Å². The van der Waals surface area contributed by atoms with Gasteiger partial charge in [-0.05, 0) is 35.4 Å². The van der Waals surface area contributed by atoms with Crippen molar-refractivity contribution in [3.8, 4) is 11.5 Å². The van der Waals surface area contributed by atoms with E-state index in [9.17, 15) is 0 Å². The molecular weight excluding hydrogens is 234 g/mol. The fourth-order valence-corrected chi connectivity index (χ4v) is 3.15. The van der Waals surface area contributed by atoms with E-state index in [2.05, 4.69) is 17.5 Å². The molecule has 2 N–H and O–H groups in total. The first kappa shape index (κ1) is 10.9. The van der Waals surface area contributed by atoms with Crippen LogP contribution in [0.15, 0.2) is 17.5 Å². The number of hydrogen-bond donors (Lipinski definition) is 1. The topological polar surface area (TPSA) is 44.5 Å². The molecule has 2 heterocycles. The number of rotatable bonds is 2. The van der Waals surface area contributed by atoms with Crippen LogP contribution in [0.5, 0.6) is 11.5 Å². The average Bonchev–Trinajstić information content (AvgIpc) is 2.74. The zero-order valence-electron chi connectivity index (χ0n) is 9.95. The van der Waals surface area contributed by atoms with E-state index in [1.54, 1.807) is 11.3 Å². The summed E-state index contributed by atoms with van der Waals surface area (Å²) >= 11 is 1.73. The molecule has 0 saturated carbocycles. The van der Waals surface area contributed by atoms with Crippen molar-refractivity contribution in [1.82, 2.24) is 0 Å². The van der Waals surface area contributed by atoms with Gasteiger partial charge in [0.05, 0.1) is 0 Å². The molecule has 0 saturated heterocycles. The lowest BCUT2D eigenvalue weighted by molar-refractivity contribution is -0.0431. The van der Waals surface area contributed by atoms with E-state index in [0.29, 0.717) is 6.54 Å². The van der Waals surface area contributed by atoms with Crippen molar-refractivity contribution in [2.45, 2.75) is 26.1 Å². The summed E-state index contributed by atoms with van der Waals surface area (Å²) in [5.74, 6) is 1.11. The van der Waals surface area contributed by atoms with Crippen LogP contribution < -0.4 is 15.2 Å². The Kier molecular flexibility index (Phi) is 2.31. The van der Waals surface area contributed by atoms with Gasteiger partial charge in [0, 0.05) is 24.6 Å². The Balaban J connectivity index is 2.11. The third-order valence-corrected chi connectivity index (χ3v) is 3.84. The Bertz CT molecular complexity index is 574. The minimum absolute atomic E-state index is 0.556. The molecule has 1 aliphatic heterocycles. The zero-order chi connectivity index (χ0) is 12.0. The highest BCUT2D eigenvalue weighted by Crippen LogP contribution is 2.43. The first-order chi connectivity index (χ1) is 8.09. The predicted molar refractivity (Wildman–Crippen MR) is 69.9 cm³/mol. The lowest BCUT2D eigenvalue weighted by Crippen LogP contribution is -2.29. The lowest BCUT2D eigenvalue weighted by Gasteiger charge is -2.16. The fourth-order valence-electron chi connectivity index (χ4n) is 2.15. The largest absolute Gasteiger partial charge is 0.449 e. The van der Waals surface area contributed by atoms with Gasteiger partial charge in [-0.2, -0.15) is 0 Å². The molecule has 0 amide bonds. The lowest BCUT2D eigenvalue weighted by atomic mass is 10.1. The molecule has 1 aromatic heterocycles. The first-order valence-electron chi connectivity index (χ1n) is 5.71. The molecular formula is C13H15NO2S. The number of nitrogens with two attached hydrogens (primary N) is 1. The van der Waals surface area contributed by atoms with Gasteiger partial charge in [-0.25, -0.2) is 0 Å². The number of hydrogen-bond acceptors (Lipinski definition) is 4. The van der Waals surface area contributed by atoms with Crippen LogP contribution in [0.25, 0.3) is 10.1 Å². The molecule has 2 aromatic rings. The van der Waals surface area contributed by atoms with Crippen LogP contribution >= 0.6 is 11.3 Å². The van der Waals surface area contributed by atoms with Gasteiger partial charge in [0.2, 0.25) is 5.79 Å². The van der Waals surface area contributed by atoms with Crippen molar-refractivity contribution < 1.29 is 9.47 Å². The molecule has 0 spiro atoms. The number of benzene rings is 1. The van der Waals surface area contributed by atoms with Crippen molar-refractivity contribution in [3.63, 3.8) is 0 Å². The Morgan fingerprint density at radius 2 is 1.94 bits per heavy atom. The molecule has 0 bridgehead atoms. The molecule has 4 heteroatoms. The van der Waals surface area contributed by atoms with Crippen molar-refractivity contribution in [3.05, 3.63) is 23.1 Å². The quantitative estimate of drug-likeness (QED) is 0.890. The van der Waals surface area contributed by atoms with Gasteiger partial charge in [0.1, 0.15) is 0 Å². The molecule has 90 valence electrons. The van der Waals surface area contributed by atoms with Gasteiger partial charge in [-0.15, -0.1) is 11.3 Å². The molecule has 1 aromatic carbocycles. The molecule has 3 rings (SSSR count). The van der Waals surface area contributed by atoms with Crippen LogP contribution in [-0.2, 0) is 6.42 Å². The second-order valence-corrected chi connectivity index (χ2v) is 5.61. The molecule has 3 nitrogen and oxygen atoms in total. The summed E-state index contributed by atoms with van der Waals surface area (Å²) in [5, 5.41) is 3.40. The van der Waals surface area contributed by atoms with E-state index in [0.717, 1.165) is 17.9 Å². The third kappa shape index (κ3) is 1.77. The molecule has 0 aliphatic carbocycles. The SMILES string of the molecule is CC1(C)Oc2cc3scc(CCN)c3cc2O1. The molecule has 1 aliphatic rings. The highest BCUT2D eigenvalue weighted by atomic mass is 32.1. The maximum absolute atomic E-state index is 5.76. The van der Waals surface area contributed by atoms with Crippen LogP contribution in [0, 0.1) is 0 Å². The summed E-state index contributed by atoms with van der Waals surface area (Å²) in [6.45, 7) is 4.51. The summed E-state index contributed by atoms with van der Waals surface area (Å²) in [4.78, 5) is 0. The van der Waals surface area contributed by atoms with Gasteiger partial charge in [-0.1, -0.05) is 0 Å². The van der Waals surface area contributed by atoms with Crippen molar-refractivity contribution in [2.75, 3.05) is 6.54 Å². The second kappa shape index (κ2) is 3.62. The Labute approximate surface area is 104 Å². The average molecular weight is 249 g/mol. The zero-order valence-corrected chi connectivity index (χ0v) is 10.8. The van der Waals surface area contributed by atoms with Crippen molar-refractivity contribution >= 4 is 21.4 Å². The predicted octanol–water partition coefficient (Wildman–Crippen LogP) is 2.91.